The molecule has 1 aliphatic heterocycles. The largest absolute Gasteiger partial charge is 0.457 e. The number of methoxy groups -OCH3 is 1. The lowest BCUT2D eigenvalue weighted by atomic mass is 9.96. The smallest absolute Gasteiger partial charge is 0.253 e. The van der Waals surface area contributed by atoms with E-state index in [4.69, 9.17) is 14.3 Å². The van der Waals surface area contributed by atoms with Gasteiger partial charge in [-0.05, 0) is 98.3 Å². The van der Waals surface area contributed by atoms with Crippen LogP contribution in [-0.2, 0) is 11.3 Å². The highest BCUT2D eigenvalue weighted by Gasteiger charge is 2.24. The van der Waals surface area contributed by atoms with Crippen molar-refractivity contribution in [2.24, 2.45) is 5.92 Å². The van der Waals surface area contributed by atoms with Crippen molar-refractivity contribution in [2.75, 3.05) is 26.7 Å². The molecule has 0 bridgehead atoms. The minimum absolute atomic E-state index is 0.0724. The second-order valence-electron chi connectivity index (χ2n) is 9.82. The number of likely N-dealkylation sites (tertiary alicyclic amines) is 1. The topological polar surface area (TPSA) is 73.7 Å². The summed E-state index contributed by atoms with van der Waals surface area (Å²) in [6.45, 7) is 0.247. The monoisotopic (exact) mass is 550 g/mol. The van der Waals surface area contributed by atoms with Crippen molar-refractivity contribution in [1.29, 1.82) is 0 Å². The molecule has 3 aromatic carbocycles. The molecule has 40 heavy (non-hydrogen) atoms. The van der Waals surface area contributed by atoms with Crippen LogP contribution in [0.1, 0.15) is 61.5 Å². The summed E-state index contributed by atoms with van der Waals surface area (Å²) >= 11 is 0. The Morgan fingerprint density at radius 3 is 2.45 bits per heavy atom. The molecule has 0 saturated carbocycles. The van der Waals surface area contributed by atoms with Gasteiger partial charge >= 0.3 is 0 Å². The van der Waals surface area contributed by atoms with Crippen LogP contribution in [0.15, 0.2) is 66.9 Å². The Balaban J connectivity index is 1.17. The number of Topliss-reactive ketones (excluding diaryl/α,β-unsaturated/α-hetero) is 1. The molecule has 2 heterocycles. The number of aromatic nitrogens is 2. The Morgan fingerprint density at radius 1 is 1.05 bits per heavy atom. The summed E-state index contributed by atoms with van der Waals surface area (Å²) in [6, 6.07) is 15.7. The third kappa shape index (κ3) is 6.39. The number of halogens is 1. The number of amides is 1. The average molecular weight is 551 g/mol. The second-order valence-corrected chi connectivity index (χ2v) is 9.82. The van der Waals surface area contributed by atoms with Gasteiger partial charge in [-0.3, -0.25) is 14.3 Å². The fourth-order valence-corrected chi connectivity index (χ4v) is 4.99. The lowest BCUT2D eigenvalue weighted by molar-refractivity contribution is 0.0681. The zero-order chi connectivity index (χ0) is 34.1. The number of piperidine rings is 1. The molecule has 208 valence electrons. The number of carbonyl (C=O) groups is 2. The number of carbonyl (C=O) groups excluding carboxylic acids is 2. The molecule has 1 aromatic heterocycles. The highest BCUT2D eigenvalue weighted by Crippen LogP contribution is 2.26. The first-order valence-corrected chi connectivity index (χ1v) is 13.0. The molecular weight excluding hydrogens is 509 g/mol. The molecule has 5 rings (SSSR count). The lowest BCUT2D eigenvalue weighted by Gasteiger charge is -2.32. The normalized spacial score (nSPS) is 17.6. The number of fused-ring (bicyclic) bond motifs is 1. The number of aryl methyl sites for hydroxylation is 1. The number of hydrogen-bond donors (Lipinski definition) is 0. The first-order chi connectivity index (χ1) is 22.0. The molecular formula is C32H34FN3O4. The van der Waals surface area contributed by atoms with Crippen LogP contribution in [0, 0.1) is 18.7 Å². The molecule has 1 fully saturated rings. The minimum Gasteiger partial charge on any atom is -0.457 e. The molecule has 0 radical (unpaired) electrons. The van der Waals surface area contributed by atoms with Crippen molar-refractivity contribution in [3.05, 3.63) is 89.4 Å². The number of ketones is 1. The van der Waals surface area contributed by atoms with Gasteiger partial charge in [-0.1, -0.05) is 0 Å². The Bertz CT molecular complexity index is 1750. The average Bonchev–Trinajstić information content (AvgIpc) is 3.41. The SMILES string of the molecule is [2H]C([2H])([2H])OC([2H])([2H])C([2H])([2H])CC(=O)c1ccc2nn(CC3CCN(C(=O)c4ccc(Oc5ccc(F)cc5)cc4)CC3)cc2c1C. The highest BCUT2D eigenvalue weighted by atomic mass is 19.1. The molecule has 4 aromatic rings. The van der Waals surface area contributed by atoms with Crippen LogP contribution in [0.5, 0.6) is 11.5 Å². The number of benzene rings is 3. The Labute approximate surface area is 243 Å². The van der Waals surface area contributed by atoms with Gasteiger partial charge in [-0.2, -0.15) is 5.10 Å². The highest BCUT2D eigenvalue weighted by molar-refractivity contribution is 6.01. The van der Waals surface area contributed by atoms with Gasteiger partial charge in [-0.15, -0.1) is 0 Å². The molecule has 0 N–H and O–H groups in total. The van der Waals surface area contributed by atoms with E-state index in [0.29, 0.717) is 53.2 Å². The third-order valence-electron chi connectivity index (χ3n) is 7.18. The number of nitrogens with zero attached hydrogens (tertiary/aromatic N) is 3. The van der Waals surface area contributed by atoms with E-state index >= 15 is 0 Å². The summed E-state index contributed by atoms with van der Waals surface area (Å²) in [5, 5.41) is 5.34. The van der Waals surface area contributed by atoms with E-state index in [1.165, 1.54) is 30.3 Å². The number of hydrogen-bond acceptors (Lipinski definition) is 5. The quantitative estimate of drug-likeness (QED) is 0.213. The van der Waals surface area contributed by atoms with E-state index in [2.05, 4.69) is 9.84 Å². The van der Waals surface area contributed by atoms with E-state index in [1.807, 2.05) is 11.1 Å². The van der Waals surface area contributed by atoms with Gasteiger partial charge in [0.2, 0.25) is 0 Å². The molecule has 7 nitrogen and oxygen atoms in total. The molecule has 1 aliphatic rings. The summed E-state index contributed by atoms with van der Waals surface area (Å²) in [5.74, 6) is 0.176. The van der Waals surface area contributed by atoms with Crippen LogP contribution in [0.4, 0.5) is 4.39 Å². The lowest BCUT2D eigenvalue weighted by Crippen LogP contribution is -2.39. The van der Waals surface area contributed by atoms with Gasteiger partial charge in [0.05, 0.1) is 12.4 Å². The summed E-state index contributed by atoms with van der Waals surface area (Å²) < 4.78 is 78.0. The van der Waals surface area contributed by atoms with Gasteiger partial charge in [0.25, 0.3) is 5.91 Å². The van der Waals surface area contributed by atoms with E-state index in [-0.39, 0.29) is 23.2 Å². The second kappa shape index (κ2) is 12.4. The molecule has 1 saturated heterocycles. The maximum atomic E-state index is 13.1. The summed E-state index contributed by atoms with van der Waals surface area (Å²) in [5.41, 5.74) is 1.93. The van der Waals surface area contributed by atoms with Crippen molar-refractivity contribution < 1.29 is 33.0 Å². The summed E-state index contributed by atoms with van der Waals surface area (Å²) in [6.07, 6.45) is -0.455. The maximum absolute atomic E-state index is 13.1. The minimum atomic E-state index is -3.22. The predicted molar refractivity (Wildman–Crippen MR) is 151 cm³/mol. The van der Waals surface area contributed by atoms with Gasteiger partial charge < -0.3 is 14.4 Å². The zero-order valence-corrected chi connectivity index (χ0v) is 22.0. The fourth-order valence-electron chi connectivity index (χ4n) is 4.99. The Hall–Kier alpha value is -4.04. The standard InChI is InChI=1S/C32H34FN3O4/c1-22-28(31(37)4-3-19-39-2)13-14-30-29(22)21-36(34-30)20-23-15-17-35(18-16-23)32(38)24-5-9-26(10-6-24)40-27-11-7-25(33)8-12-27/h5-14,21,23H,3-4,15-20H2,1-2H3/i2D3,3D2,19D2. The number of ether oxygens (including phenoxy) is 2. The van der Waals surface area contributed by atoms with Crippen molar-refractivity contribution in [3.8, 4) is 11.5 Å². The number of rotatable bonds is 10. The van der Waals surface area contributed by atoms with E-state index in [0.717, 1.165) is 12.8 Å². The van der Waals surface area contributed by atoms with Gasteiger partial charge in [-0.25, -0.2) is 4.39 Å². The van der Waals surface area contributed by atoms with Crippen LogP contribution < -0.4 is 4.74 Å². The van der Waals surface area contributed by atoms with E-state index < -0.39 is 32.2 Å². The van der Waals surface area contributed by atoms with E-state index in [9.17, 15) is 14.0 Å². The predicted octanol–water partition coefficient (Wildman–Crippen LogP) is 6.44. The van der Waals surface area contributed by atoms with E-state index in [1.54, 1.807) is 41.9 Å². The van der Waals surface area contributed by atoms with Crippen LogP contribution in [-0.4, -0.2) is 53.1 Å². The van der Waals surface area contributed by atoms with Crippen LogP contribution in [0.3, 0.4) is 0 Å². The van der Waals surface area contributed by atoms with Crippen molar-refractivity contribution in [3.63, 3.8) is 0 Å². The first kappa shape index (κ1) is 19.9. The van der Waals surface area contributed by atoms with Crippen molar-refractivity contribution >= 4 is 22.6 Å². The van der Waals surface area contributed by atoms with Gasteiger partial charge in [0, 0.05) is 65.1 Å². The zero-order valence-electron chi connectivity index (χ0n) is 29.0. The molecule has 0 spiro atoms. The maximum Gasteiger partial charge on any atom is 0.253 e. The summed E-state index contributed by atoms with van der Waals surface area (Å²) in [4.78, 5) is 28.0. The first-order valence-electron chi connectivity index (χ1n) is 16.5. The molecule has 0 aliphatic carbocycles. The van der Waals surface area contributed by atoms with Gasteiger partial charge in [0.1, 0.15) is 17.3 Å². The molecule has 0 unspecified atom stereocenters. The summed E-state index contributed by atoms with van der Waals surface area (Å²) in [7, 11) is -3.17. The van der Waals surface area contributed by atoms with Crippen LogP contribution >= 0.6 is 0 Å². The van der Waals surface area contributed by atoms with Crippen molar-refractivity contribution in [1.82, 2.24) is 14.7 Å². The van der Waals surface area contributed by atoms with Crippen LogP contribution in [0.25, 0.3) is 10.9 Å². The Morgan fingerprint density at radius 2 is 1.75 bits per heavy atom. The van der Waals surface area contributed by atoms with Gasteiger partial charge in [0.15, 0.2) is 5.78 Å². The third-order valence-corrected chi connectivity index (χ3v) is 7.18. The Kier molecular flexibility index (Phi) is 6.19. The molecule has 0 atom stereocenters. The molecule has 8 heteroatoms. The van der Waals surface area contributed by atoms with Crippen LogP contribution in [0.2, 0.25) is 0 Å². The fraction of sp³-hybridized carbons (Fsp3) is 0.344. The van der Waals surface area contributed by atoms with Crippen molar-refractivity contribution in [2.45, 2.75) is 39.1 Å². The molecule has 1 amide bonds.